The number of piperazine rings is 1. The van der Waals surface area contributed by atoms with Crippen LogP contribution in [0.15, 0.2) is 60.7 Å². The molecule has 2 N–H and O–H groups in total. The second kappa shape index (κ2) is 9.55. The molecule has 0 bridgehead atoms. The van der Waals surface area contributed by atoms with Gasteiger partial charge in [-0.15, -0.1) is 0 Å². The highest BCUT2D eigenvalue weighted by molar-refractivity contribution is 6.30. The molecule has 1 amide bonds. The van der Waals surface area contributed by atoms with Crippen molar-refractivity contribution in [1.29, 1.82) is 0 Å². The van der Waals surface area contributed by atoms with Crippen LogP contribution in [0.25, 0.3) is 0 Å². The second-order valence-electron chi connectivity index (χ2n) is 8.21. The number of amides is 1. The fraction of sp³-hybridized carbons (Fsp3) is 0.231. The minimum Gasteiger partial charge on any atom is -0.478 e. The van der Waals surface area contributed by atoms with Gasteiger partial charge in [0.05, 0.1) is 11.3 Å². The lowest BCUT2D eigenvalue weighted by atomic mass is 10.1. The van der Waals surface area contributed by atoms with Gasteiger partial charge in [0.2, 0.25) is 0 Å². The number of carbonyl (C=O) groups is 2. The molecular formula is C26H26ClN3O3. The zero-order chi connectivity index (χ0) is 23.5. The van der Waals surface area contributed by atoms with Crippen molar-refractivity contribution in [3.05, 3.63) is 87.9 Å². The van der Waals surface area contributed by atoms with Crippen LogP contribution in [0.2, 0.25) is 5.02 Å². The zero-order valence-corrected chi connectivity index (χ0v) is 19.4. The number of carboxylic acids is 1. The molecule has 1 saturated heterocycles. The standard InChI is InChI=1S/C26H26ClN3O3/c1-17-5-3-4-6-21(17)25(31)28-23-10-9-20(16-22(23)26(32)33)29-11-13-30(14-12-29)24-15-19(27)8-7-18(24)2/h3-10,15-16H,11-14H2,1-2H3,(H,28,31)(H,32,33). The van der Waals surface area contributed by atoms with E-state index in [0.29, 0.717) is 10.6 Å². The Bertz CT molecular complexity index is 1200. The molecule has 1 heterocycles. The van der Waals surface area contributed by atoms with Crippen molar-refractivity contribution in [2.45, 2.75) is 13.8 Å². The second-order valence-corrected chi connectivity index (χ2v) is 8.65. The van der Waals surface area contributed by atoms with Crippen LogP contribution in [-0.4, -0.2) is 43.2 Å². The van der Waals surface area contributed by atoms with Crippen LogP contribution in [-0.2, 0) is 0 Å². The van der Waals surface area contributed by atoms with Gasteiger partial charge in [-0.2, -0.15) is 0 Å². The molecule has 6 nitrogen and oxygen atoms in total. The van der Waals surface area contributed by atoms with Crippen molar-refractivity contribution in [1.82, 2.24) is 0 Å². The molecule has 7 heteroatoms. The van der Waals surface area contributed by atoms with Gasteiger partial charge in [0, 0.05) is 48.1 Å². The largest absolute Gasteiger partial charge is 0.478 e. The minimum absolute atomic E-state index is 0.0718. The van der Waals surface area contributed by atoms with Crippen molar-refractivity contribution in [2.75, 3.05) is 41.3 Å². The van der Waals surface area contributed by atoms with Gasteiger partial charge < -0.3 is 20.2 Å². The van der Waals surface area contributed by atoms with Crippen LogP contribution < -0.4 is 15.1 Å². The van der Waals surface area contributed by atoms with Crippen molar-refractivity contribution in [3.8, 4) is 0 Å². The lowest BCUT2D eigenvalue weighted by molar-refractivity contribution is 0.0698. The Morgan fingerprint density at radius 3 is 2.24 bits per heavy atom. The minimum atomic E-state index is -1.08. The normalized spacial score (nSPS) is 13.7. The first-order valence-corrected chi connectivity index (χ1v) is 11.2. The van der Waals surface area contributed by atoms with Gasteiger partial charge >= 0.3 is 5.97 Å². The van der Waals surface area contributed by atoms with E-state index >= 15 is 0 Å². The lowest BCUT2D eigenvalue weighted by Crippen LogP contribution is -2.46. The maximum absolute atomic E-state index is 12.7. The van der Waals surface area contributed by atoms with Crippen LogP contribution in [0.1, 0.15) is 31.8 Å². The average Bonchev–Trinajstić information content (AvgIpc) is 2.81. The summed E-state index contributed by atoms with van der Waals surface area (Å²) in [6.45, 7) is 7.02. The summed E-state index contributed by atoms with van der Waals surface area (Å²) in [5, 5.41) is 13.3. The van der Waals surface area contributed by atoms with Crippen molar-refractivity contribution in [2.24, 2.45) is 0 Å². The molecule has 0 saturated carbocycles. The predicted octanol–water partition coefficient (Wildman–Crippen LogP) is 5.23. The summed E-state index contributed by atoms with van der Waals surface area (Å²) in [4.78, 5) is 29.1. The van der Waals surface area contributed by atoms with Gasteiger partial charge in [-0.25, -0.2) is 4.79 Å². The van der Waals surface area contributed by atoms with E-state index in [0.717, 1.165) is 43.1 Å². The van der Waals surface area contributed by atoms with Crippen LogP contribution >= 0.6 is 11.6 Å². The number of carboxylic acid groups (broad SMARTS) is 1. The van der Waals surface area contributed by atoms with E-state index in [4.69, 9.17) is 11.6 Å². The lowest BCUT2D eigenvalue weighted by Gasteiger charge is -2.38. The summed E-state index contributed by atoms with van der Waals surface area (Å²) < 4.78 is 0. The highest BCUT2D eigenvalue weighted by atomic mass is 35.5. The Hall–Kier alpha value is -3.51. The predicted molar refractivity (Wildman–Crippen MR) is 133 cm³/mol. The summed E-state index contributed by atoms with van der Waals surface area (Å²) in [6.07, 6.45) is 0. The number of hydrogen-bond donors (Lipinski definition) is 2. The summed E-state index contributed by atoms with van der Waals surface area (Å²) in [5.41, 5.74) is 4.83. The Kier molecular flexibility index (Phi) is 6.56. The molecule has 0 spiro atoms. The van der Waals surface area contributed by atoms with Gasteiger partial charge in [-0.05, 0) is 61.4 Å². The number of carbonyl (C=O) groups excluding carboxylic acids is 1. The molecule has 170 valence electrons. The molecule has 1 aliphatic heterocycles. The maximum atomic E-state index is 12.7. The Balaban J connectivity index is 1.50. The highest BCUT2D eigenvalue weighted by Crippen LogP contribution is 2.28. The Labute approximate surface area is 198 Å². The molecule has 33 heavy (non-hydrogen) atoms. The third-order valence-electron chi connectivity index (χ3n) is 6.03. The first kappa shape index (κ1) is 22.7. The van der Waals surface area contributed by atoms with E-state index in [9.17, 15) is 14.7 Å². The van der Waals surface area contributed by atoms with E-state index in [1.165, 1.54) is 5.56 Å². The topological polar surface area (TPSA) is 72.9 Å². The number of aryl methyl sites for hydroxylation is 2. The van der Waals surface area contributed by atoms with Gasteiger partial charge in [0.25, 0.3) is 5.91 Å². The Morgan fingerprint density at radius 1 is 0.848 bits per heavy atom. The fourth-order valence-corrected chi connectivity index (χ4v) is 4.33. The van der Waals surface area contributed by atoms with E-state index in [-0.39, 0.29) is 17.2 Å². The van der Waals surface area contributed by atoms with E-state index in [1.807, 2.05) is 43.3 Å². The number of nitrogens with zero attached hydrogens (tertiary/aromatic N) is 2. The van der Waals surface area contributed by atoms with Crippen LogP contribution in [0, 0.1) is 13.8 Å². The molecule has 3 aromatic rings. The molecule has 1 fully saturated rings. The summed E-state index contributed by atoms with van der Waals surface area (Å²) >= 11 is 6.18. The quantitative estimate of drug-likeness (QED) is 0.541. The van der Waals surface area contributed by atoms with Crippen molar-refractivity contribution >= 4 is 40.5 Å². The summed E-state index contributed by atoms with van der Waals surface area (Å²) in [7, 11) is 0. The van der Waals surface area contributed by atoms with Gasteiger partial charge in [0.1, 0.15) is 0 Å². The number of nitrogens with one attached hydrogen (secondary N) is 1. The number of rotatable bonds is 5. The molecule has 0 radical (unpaired) electrons. The first-order valence-electron chi connectivity index (χ1n) is 10.8. The number of aromatic carboxylic acids is 1. The first-order chi connectivity index (χ1) is 15.8. The van der Waals surface area contributed by atoms with Crippen LogP contribution in [0.3, 0.4) is 0 Å². The van der Waals surface area contributed by atoms with Gasteiger partial charge in [-0.3, -0.25) is 4.79 Å². The van der Waals surface area contributed by atoms with E-state index < -0.39 is 5.97 Å². The molecule has 0 aromatic heterocycles. The molecule has 4 rings (SSSR count). The summed E-state index contributed by atoms with van der Waals surface area (Å²) in [5.74, 6) is -1.40. The third kappa shape index (κ3) is 4.96. The third-order valence-corrected chi connectivity index (χ3v) is 6.26. The van der Waals surface area contributed by atoms with Crippen LogP contribution in [0.5, 0.6) is 0 Å². The molecular weight excluding hydrogens is 438 g/mol. The molecule has 0 aliphatic carbocycles. The fourth-order valence-electron chi connectivity index (χ4n) is 4.16. The smallest absolute Gasteiger partial charge is 0.337 e. The van der Waals surface area contributed by atoms with E-state index in [2.05, 4.69) is 22.0 Å². The molecule has 1 aliphatic rings. The number of halogens is 1. The highest BCUT2D eigenvalue weighted by Gasteiger charge is 2.22. The number of benzene rings is 3. The Morgan fingerprint density at radius 2 is 1.55 bits per heavy atom. The van der Waals surface area contributed by atoms with Gasteiger partial charge in [-0.1, -0.05) is 35.9 Å². The number of hydrogen-bond acceptors (Lipinski definition) is 4. The van der Waals surface area contributed by atoms with Crippen LogP contribution in [0.4, 0.5) is 17.1 Å². The zero-order valence-electron chi connectivity index (χ0n) is 18.6. The average molecular weight is 464 g/mol. The molecule has 0 atom stereocenters. The molecule has 3 aromatic carbocycles. The SMILES string of the molecule is Cc1ccccc1C(=O)Nc1ccc(N2CCN(c3cc(Cl)ccc3C)CC2)cc1C(=O)O. The molecule has 0 unspecified atom stereocenters. The monoisotopic (exact) mass is 463 g/mol. The van der Waals surface area contributed by atoms with Crippen molar-refractivity contribution in [3.63, 3.8) is 0 Å². The summed E-state index contributed by atoms with van der Waals surface area (Å²) in [6, 6.07) is 18.3. The maximum Gasteiger partial charge on any atom is 0.337 e. The van der Waals surface area contributed by atoms with Crippen molar-refractivity contribution < 1.29 is 14.7 Å². The van der Waals surface area contributed by atoms with E-state index in [1.54, 1.807) is 24.3 Å². The van der Waals surface area contributed by atoms with Gasteiger partial charge in [0.15, 0.2) is 0 Å². The number of anilines is 3.